The number of hydrogen-bond acceptors (Lipinski definition) is 4. The first kappa shape index (κ1) is 14.4. The molecule has 0 aliphatic carbocycles. The Bertz CT molecular complexity index is 390. The minimum absolute atomic E-state index is 0.433. The quantitative estimate of drug-likeness (QED) is 0.754. The summed E-state index contributed by atoms with van der Waals surface area (Å²) >= 11 is 0. The van der Waals surface area contributed by atoms with Crippen molar-refractivity contribution in [1.82, 2.24) is 0 Å². The summed E-state index contributed by atoms with van der Waals surface area (Å²) in [7, 11) is 3.21. The number of nitrogens with two attached hydrogens (primary N) is 1. The van der Waals surface area contributed by atoms with E-state index < -0.39 is 0 Å². The second-order valence-corrected chi connectivity index (χ2v) is 4.11. The van der Waals surface area contributed by atoms with Gasteiger partial charge in [-0.15, -0.1) is 0 Å². The van der Waals surface area contributed by atoms with Crippen molar-refractivity contribution in [3.63, 3.8) is 0 Å². The molecule has 4 heteroatoms. The Labute approximate surface area is 108 Å². The van der Waals surface area contributed by atoms with Crippen molar-refractivity contribution >= 4 is 0 Å². The summed E-state index contributed by atoms with van der Waals surface area (Å²) in [6.07, 6.45) is 0.771. The zero-order valence-corrected chi connectivity index (χ0v) is 11.3. The lowest BCUT2D eigenvalue weighted by atomic mass is 10.1. The summed E-state index contributed by atoms with van der Waals surface area (Å²) in [5, 5.41) is 0. The van der Waals surface area contributed by atoms with Crippen molar-refractivity contribution in [3.05, 3.63) is 29.8 Å². The molecule has 100 valence electrons. The maximum absolute atomic E-state index is 5.66. The number of ether oxygens (including phenoxy) is 3. The molecule has 0 radical (unpaired) electrons. The molecular formula is C14H21NO3. The summed E-state index contributed by atoms with van der Waals surface area (Å²) in [4.78, 5) is 0. The second-order valence-electron chi connectivity index (χ2n) is 4.11. The molecule has 0 amide bonds. The van der Waals surface area contributed by atoms with Crippen molar-refractivity contribution in [2.45, 2.75) is 13.3 Å². The summed E-state index contributed by atoms with van der Waals surface area (Å²) < 4.78 is 16.3. The predicted molar refractivity (Wildman–Crippen MR) is 72.6 cm³/mol. The van der Waals surface area contributed by atoms with Gasteiger partial charge in [0.15, 0.2) is 11.5 Å². The van der Waals surface area contributed by atoms with E-state index in [1.54, 1.807) is 14.2 Å². The highest BCUT2D eigenvalue weighted by molar-refractivity contribution is 5.54. The molecule has 18 heavy (non-hydrogen) atoms. The van der Waals surface area contributed by atoms with Gasteiger partial charge >= 0.3 is 0 Å². The van der Waals surface area contributed by atoms with Crippen molar-refractivity contribution in [1.29, 1.82) is 0 Å². The van der Waals surface area contributed by atoms with Gasteiger partial charge in [0, 0.05) is 0 Å². The van der Waals surface area contributed by atoms with Gasteiger partial charge in [-0.25, -0.2) is 0 Å². The van der Waals surface area contributed by atoms with Crippen LogP contribution >= 0.6 is 0 Å². The Morgan fingerprint density at radius 2 is 1.78 bits per heavy atom. The van der Waals surface area contributed by atoms with Gasteiger partial charge in [-0.3, -0.25) is 0 Å². The fraction of sp³-hybridized carbons (Fsp3) is 0.429. The van der Waals surface area contributed by atoms with Crippen LogP contribution in [0.3, 0.4) is 0 Å². The maximum Gasteiger partial charge on any atom is 0.203 e. The van der Waals surface area contributed by atoms with Crippen LogP contribution in [0.5, 0.6) is 17.2 Å². The van der Waals surface area contributed by atoms with E-state index in [0.717, 1.165) is 17.6 Å². The van der Waals surface area contributed by atoms with E-state index in [1.807, 2.05) is 19.1 Å². The van der Waals surface area contributed by atoms with E-state index in [1.165, 1.54) is 0 Å². The van der Waals surface area contributed by atoms with Crippen LogP contribution in [0.2, 0.25) is 0 Å². The highest BCUT2D eigenvalue weighted by atomic mass is 16.5. The van der Waals surface area contributed by atoms with E-state index in [2.05, 4.69) is 6.58 Å². The van der Waals surface area contributed by atoms with Crippen molar-refractivity contribution in [2.75, 3.05) is 27.4 Å². The van der Waals surface area contributed by atoms with Crippen molar-refractivity contribution in [2.24, 2.45) is 5.73 Å². The van der Waals surface area contributed by atoms with Gasteiger partial charge in [0.2, 0.25) is 5.75 Å². The average Bonchev–Trinajstić information content (AvgIpc) is 2.36. The van der Waals surface area contributed by atoms with Gasteiger partial charge in [-0.2, -0.15) is 0 Å². The predicted octanol–water partition coefficient (Wildman–Crippen LogP) is 2.16. The van der Waals surface area contributed by atoms with Crippen LogP contribution in [0.15, 0.2) is 24.3 Å². The first-order chi connectivity index (χ1) is 8.62. The molecule has 0 fully saturated rings. The molecular weight excluding hydrogens is 230 g/mol. The molecule has 0 bridgehead atoms. The number of methoxy groups -OCH3 is 2. The molecule has 0 atom stereocenters. The highest BCUT2D eigenvalue weighted by Gasteiger charge is 2.13. The third kappa shape index (κ3) is 3.67. The zero-order valence-electron chi connectivity index (χ0n) is 11.3. The summed E-state index contributed by atoms with van der Waals surface area (Å²) in [6, 6.07) is 3.84. The van der Waals surface area contributed by atoms with Crippen LogP contribution in [-0.4, -0.2) is 27.4 Å². The molecule has 1 rings (SSSR count). The molecule has 0 unspecified atom stereocenters. The van der Waals surface area contributed by atoms with Gasteiger partial charge in [0.25, 0.3) is 0 Å². The smallest absolute Gasteiger partial charge is 0.203 e. The number of hydrogen-bond donors (Lipinski definition) is 1. The lowest BCUT2D eigenvalue weighted by molar-refractivity contribution is 0.295. The minimum Gasteiger partial charge on any atom is -0.493 e. The third-order valence-corrected chi connectivity index (χ3v) is 2.42. The SMILES string of the molecule is C=C(C)COc1c(OC)cc(CCN)cc1OC. The van der Waals surface area contributed by atoms with Crippen LogP contribution in [0.1, 0.15) is 12.5 Å². The van der Waals surface area contributed by atoms with Crippen LogP contribution in [0, 0.1) is 0 Å². The van der Waals surface area contributed by atoms with Gasteiger partial charge < -0.3 is 19.9 Å². The molecule has 1 aromatic carbocycles. The van der Waals surface area contributed by atoms with Crippen molar-refractivity contribution in [3.8, 4) is 17.2 Å². The lowest BCUT2D eigenvalue weighted by Crippen LogP contribution is -2.05. The Hall–Kier alpha value is -1.68. The normalized spacial score (nSPS) is 10.0. The number of rotatable bonds is 7. The molecule has 0 saturated carbocycles. The minimum atomic E-state index is 0.433. The van der Waals surface area contributed by atoms with Crippen LogP contribution < -0.4 is 19.9 Å². The fourth-order valence-corrected chi connectivity index (χ4v) is 1.58. The van der Waals surface area contributed by atoms with Crippen LogP contribution in [0.4, 0.5) is 0 Å². The van der Waals surface area contributed by atoms with E-state index in [9.17, 15) is 0 Å². The largest absolute Gasteiger partial charge is 0.493 e. The van der Waals surface area contributed by atoms with Gasteiger partial charge in [0.05, 0.1) is 14.2 Å². The molecule has 0 aromatic heterocycles. The molecule has 4 nitrogen and oxygen atoms in total. The van der Waals surface area contributed by atoms with E-state index in [-0.39, 0.29) is 0 Å². The van der Waals surface area contributed by atoms with E-state index in [0.29, 0.717) is 30.4 Å². The molecule has 0 aliphatic rings. The van der Waals surface area contributed by atoms with Gasteiger partial charge in [-0.1, -0.05) is 6.58 Å². The third-order valence-electron chi connectivity index (χ3n) is 2.42. The average molecular weight is 251 g/mol. The fourth-order valence-electron chi connectivity index (χ4n) is 1.58. The Balaban J connectivity index is 3.08. The molecule has 0 spiro atoms. The monoisotopic (exact) mass is 251 g/mol. The molecule has 1 aromatic rings. The first-order valence-electron chi connectivity index (χ1n) is 5.84. The van der Waals surface area contributed by atoms with Gasteiger partial charge in [-0.05, 0) is 43.2 Å². The van der Waals surface area contributed by atoms with E-state index >= 15 is 0 Å². The molecule has 0 heterocycles. The highest BCUT2D eigenvalue weighted by Crippen LogP contribution is 2.38. The lowest BCUT2D eigenvalue weighted by Gasteiger charge is -2.16. The maximum atomic E-state index is 5.66. The van der Waals surface area contributed by atoms with Crippen LogP contribution in [0.25, 0.3) is 0 Å². The summed E-state index contributed by atoms with van der Waals surface area (Å²) in [5.74, 6) is 1.90. The number of benzene rings is 1. The summed E-state index contributed by atoms with van der Waals surface area (Å²) in [6.45, 7) is 6.72. The second kappa shape index (κ2) is 6.91. The Morgan fingerprint density at radius 1 is 1.22 bits per heavy atom. The van der Waals surface area contributed by atoms with Crippen molar-refractivity contribution < 1.29 is 14.2 Å². The van der Waals surface area contributed by atoms with Gasteiger partial charge in [0.1, 0.15) is 6.61 Å². The Morgan fingerprint density at radius 3 is 2.17 bits per heavy atom. The molecule has 0 saturated heterocycles. The molecule has 2 N–H and O–H groups in total. The Kier molecular flexibility index (Phi) is 5.52. The topological polar surface area (TPSA) is 53.7 Å². The summed E-state index contributed by atoms with van der Waals surface area (Å²) in [5.41, 5.74) is 7.55. The van der Waals surface area contributed by atoms with Crippen LogP contribution in [-0.2, 0) is 6.42 Å². The van der Waals surface area contributed by atoms with E-state index in [4.69, 9.17) is 19.9 Å². The zero-order chi connectivity index (χ0) is 13.5. The standard InChI is InChI=1S/C14H21NO3/c1-10(2)9-18-14-12(16-3)7-11(5-6-15)8-13(14)17-4/h7-8H,1,5-6,9,15H2,2-4H3. The first-order valence-corrected chi connectivity index (χ1v) is 5.84. The molecule has 0 aliphatic heterocycles.